The van der Waals surface area contributed by atoms with Crippen molar-refractivity contribution < 1.29 is 0 Å². The first-order valence-corrected chi connectivity index (χ1v) is 3.91. The molecule has 0 saturated heterocycles. The zero-order chi connectivity index (χ0) is 7.45. The Hall–Kier alpha value is -0.550. The van der Waals surface area contributed by atoms with E-state index in [1.807, 2.05) is 0 Å². The summed E-state index contributed by atoms with van der Waals surface area (Å²) in [6.07, 6.45) is 3.22. The molecule has 0 spiro atoms. The van der Waals surface area contributed by atoms with Gasteiger partial charge in [-0.15, -0.1) is 0 Å². The number of hydrogen-bond acceptors (Lipinski definition) is 2. The molecule has 2 nitrogen and oxygen atoms in total. The van der Waals surface area contributed by atoms with Crippen molar-refractivity contribution in [3.05, 3.63) is 0 Å². The molecule has 0 aromatic heterocycles. The van der Waals surface area contributed by atoms with Gasteiger partial charge in [0.25, 0.3) is 0 Å². The molecule has 1 N–H and O–H groups in total. The first kappa shape index (κ1) is 7.56. The summed E-state index contributed by atoms with van der Waals surface area (Å²) in [6, 6.07) is 2.24. The number of nitrogens with one attached hydrogen (secondary N) is 1. The molecule has 0 aromatic carbocycles. The minimum absolute atomic E-state index is 0.380. The molecule has 0 aliphatic heterocycles. The van der Waals surface area contributed by atoms with Crippen LogP contribution in [0.1, 0.15) is 26.2 Å². The van der Waals surface area contributed by atoms with Crippen LogP contribution in [0, 0.1) is 16.7 Å². The van der Waals surface area contributed by atoms with Crippen LogP contribution in [0.2, 0.25) is 0 Å². The molecule has 56 valence electrons. The fourth-order valence-corrected chi connectivity index (χ4v) is 1.15. The van der Waals surface area contributed by atoms with Gasteiger partial charge in [0.2, 0.25) is 0 Å². The van der Waals surface area contributed by atoms with Crippen LogP contribution in [0.3, 0.4) is 0 Å². The largest absolute Gasteiger partial charge is 0.316 e. The van der Waals surface area contributed by atoms with Crippen LogP contribution in [0.5, 0.6) is 0 Å². The van der Waals surface area contributed by atoms with Crippen LogP contribution >= 0.6 is 0 Å². The zero-order valence-corrected chi connectivity index (χ0v) is 6.48. The molecule has 0 amide bonds. The Morgan fingerprint density at radius 1 is 1.60 bits per heavy atom. The van der Waals surface area contributed by atoms with Crippen molar-refractivity contribution in [3.8, 4) is 6.07 Å². The van der Waals surface area contributed by atoms with E-state index in [2.05, 4.69) is 18.3 Å². The average Bonchev–Trinajstić information content (AvgIpc) is 2.67. The van der Waals surface area contributed by atoms with Gasteiger partial charge in [-0.3, -0.25) is 0 Å². The number of nitrogens with zero attached hydrogens (tertiary/aromatic N) is 1. The molecule has 1 fully saturated rings. The third-order valence-electron chi connectivity index (χ3n) is 2.16. The number of hydrogen-bond donors (Lipinski definition) is 1. The quantitative estimate of drug-likeness (QED) is 0.635. The summed E-state index contributed by atoms with van der Waals surface area (Å²) >= 11 is 0. The summed E-state index contributed by atoms with van der Waals surface area (Å²) in [7, 11) is 0. The van der Waals surface area contributed by atoms with E-state index < -0.39 is 0 Å². The van der Waals surface area contributed by atoms with E-state index in [-0.39, 0.29) is 0 Å². The summed E-state index contributed by atoms with van der Waals surface area (Å²) < 4.78 is 0. The van der Waals surface area contributed by atoms with Gasteiger partial charge in [0, 0.05) is 13.0 Å². The lowest BCUT2D eigenvalue weighted by molar-refractivity contribution is 0.475. The van der Waals surface area contributed by atoms with Gasteiger partial charge in [-0.2, -0.15) is 5.26 Å². The van der Waals surface area contributed by atoms with Gasteiger partial charge in [0.1, 0.15) is 0 Å². The van der Waals surface area contributed by atoms with E-state index >= 15 is 0 Å². The van der Waals surface area contributed by atoms with Gasteiger partial charge in [-0.05, 0) is 24.8 Å². The van der Waals surface area contributed by atoms with Crippen molar-refractivity contribution in [1.29, 1.82) is 5.26 Å². The van der Waals surface area contributed by atoms with Gasteiger partial charge in [0.05, 0.1) is 6.07 Å². The maximum Gasteiger partial charge on any atom is 0.0628 e. The van der Waals surface area contributed by atoms with Crippen molar-refractivity contribution in [2.24, 2.45) is 5.41 Å². The van der Waals surface area contributed by atoms with E-state index in [9.17, 15) is 0 Å². The zero-order valence-electron chi connectivity index (χ0n) is 6.48. The average molecular weight is 138 g/mol. The molecule has 0 aromatic rings. The molecule has 1 aliphatic rings. The van der Waals surface area contributed by atoms with E-state index in [1.54, 1.807) is 0 Å². The Labute approximate surface area is 62.2 Å². The highest BCUT2D eigenvalue weighted by molar-refractivity contribution is 5.00. The maximum absolute atomic E-state index is 8.46. The molecule has 2 heteroatoms. The standard InChI is InChI=1S/C8H14N2/c1-2-10-7-8(3-4-8)5-6-9/h10H,2-5,7H2,1H3. The summed E-state index contributed by atoms with van der Waals surface area (Å²) in [5.74, 6) is 0. The summed E-state index contributed by atoms with van der Waals surface area (Å²) in [5, 5.41) is 11.7. The second-order valence-electron chi connectivity index (χ2n) is 3.12. The fraction of sp³-hybridized carbons (Fsp3) is 0.875. The molecule has 10 heavy (non-hydrogen) atoms. The molecule has 1 aliphatic carbocycles. The van der Waals surface area contributed by atoms with Crippen molar-refractivity contribution in [2.45, 2.75) is 26.2 Å². The predicted octanol–water partition coefficient (Wildman–Crippen LogP) is 1.29. The van der Waals surface area contributed by atoms with Crippen LogP contribution in [0.15, 0.2) is 0 Å². The highest BCUT2D eigenvalue weighted by atomic mass is 14.9. The van der Waals surface area contributed by atoms with Crippen LogP contribution < -0.4 is 5.32 Å². The summed E-state index contributed by atoms with van der Waals surface area (Å²) in [5.41, 5.74) is 0.380. The van der Waals surface area contributed by atoms with E-state index in [0.717, 1.165) is 19.5 Å². The summed E-state index contributed by atoms with van der Waals surface area (Å²) in [6.45, 7) is 4.16. The Morgan fingerprint density at radius 2 is 2.30 bits per heavy atom. The molecule has 0 atom stereocenters. The van der Waals surface area contributed by atoms with E-state index in [0.29, 0.717) is 5.41 Å². The molecule has 0 unspecified atom stereocenters. The normalized spacial score (nSPS) is 20.0. The first-order chi connectivity index (χ1) is 4.83. The minimum atomic E-state index is 0.380. The lowest BCUT2D eigenvalue weighted by Crippen LogP contribution is -2.23. The van der Waals surface area contributed by atoms with Crippen LogP contribution in [-0.4, -0.2) is 13.1 Å². The highest BCUT2D eigenvalue weighted by Crippen LogP contribution is 2.47. The third-order valence-corrected chi connectivity index (χ3v) is 2.16. The van der Waals surface area contributed by atoms with Gasteiger partial charge >= 0.3 is 0 Å². The second kappa shape index (κ2) is 3.03. The van der Waals surface area contributed by atoms with E-state index in [4.69, 9.17) is 5.26 Å². The van der Waals surface area contributed by atoms with Crippen molar-refractivity contribution >= 4 is 0 Å². The number of nitriles is 1. The predicted molar refractivity (Wildman–Crippen MR) is 40.4 cm³/mol. The number of rotatable bonds is 4. The lowest BCUT2D eigenvalue weighted by atomic mass is 10.0. The Kier molecular flexibility index (Phi) is 2.29. The maximum atomic E-state index is 8.46. The molecule has 0 heterocycles. The van der Waals surface area contributed by atoms with Gasteiger partial charge in [-0.25, -0.2) is 0 Å². The topological polar surface area (TPSA) is 35.8 Å². The Morgan fingerprint density at radius 3 is 2.70 bits per heavy atom. The Bertz CT molecular complexity index is 142. The molecule has 0 bridgehead atoms. The van der Waals surface area contributed by atoms with Crippen LogP contribution in [0.4, 0.5) is 0 Å². The SMILES string of the molecule is CCNCC1(CC#N)CC1. The fourth-order valence-electron chi connectivity index (χ4n) is 1.15. The van der Waals surface area contributed by atoms with Crippen molar-refractivity contribution in [2.75, 3.05) is 13.1 Å². The van der Waals surface area contributed by atoms with E-state index in [1.165, 1.54) is 12.8 Å². The van der Waals surface area contributed by atoms with Gasteiger partial charge in [0.15, 0.2) is 0 Å². The smallest absolute Gasteiger partial charge is 0.0628 e. The second-order valence-corrected chi connectivity index (χ2v) is 3.12. The van der Waals surface area contributed by atoms with Crippen LogP contribution in [-0.2, 0) is 0 Å². The molecular weight excluding hydrogens is 124 g/mol. The first-order valence-electron chi connectivity index (χ1n) is 3.91. The molecule has 1 rings (SSSR count). The Balaban J connectivity index is 2.18. The monoisotopic (exact) mass is 138 g/mol. The minimum Gasteiger partial charge on any atom is -0.316 e. The van der Waals surface area contributed by atoms with Gasteiger partial charge < -0.3 is 5.32 Å². The lowest BCUT2D eigenvalue weighted by Gasteiger charge is -2.09. The molecule has 1 saturated carbocycles. The van der Waals surface area contributed by atoms with Gasteiger partial charge in [-0.1, -0.05) is 6.92 Å². The van der Waals surface area contributed by atoms with Crippen LogP contribution in [0.25, 0.3) is 0 Å². The third kappa shape index (κ3) is 1.71. The van der Waals surface area contributed by atoms with Crippen molar-refractivity contribution in [3.63, 3.8) is 0 Å². The highest BCUT2D eigenvalue weighted by Gasteiger charge is 2.41. The summed E-state index contributed by atoms with van der Waals surface area (Å²) in [4.78, 5) is 0. The molecular formula is C8H14N2. The molecule has 0 radical (unpaired) electrons. The van der Waals surface area contributed by atoms with Crippen molar-refractivity contribution in [1.82, 2.24) is 5.32 Å².